The van der Waals surface area contributed by atoms with Crippen LogP contribution in [-0.2, 0) is 16.7 Å². The fourth-order valence-corrected chi connectivity index (χ4v) is 2.96. The molecule has 1 aliphatic heterocycles. The highest BCUT2D eigenvalue weighted by molar-refractivity contribution is 8.13. The zero-order valence-electron chi connectivity index (χ0n) is 10.9. The molecule has 0 aliphatic carbocycles. The number of amidine groups is 1. The van der Waals surface area contributed by atoms with Crippen molar-refractivity contribution >= 4 is 34.4 Å². The summed E-state index contributed by atoms with van der Waals surface area (Å²) in [5.74, 6) is 0.121. The topological polar surface area (TPSA) is 32.7 Å². The van der Waals surface area contributed by atoms with Crippen molar-refractivity contribution in [2.24, 2.45) is 4.99 Å². The number of nitrogens with zero attached hydrogens (tertiary/aromatic N) is 2. The third-order valence-electron chi connectivity index (χ3n) is 2.87. The molecule has 1 aromatic rings. The minimum absolute atomic E-state index is 0.111. The lowest BCUT2D eigenvalue weighted by molar-refractivity contribution is -0.137. The van der Waals surface area contributed by atoms with E-state index in [1.165, 1.54) is 28.8 Å². The Hall–Kier alpha value is -1.21. The van der Waals surface area contributed by atoms with E-state index in [1.54, 1.807) is 0 Å². The zero-order valence-corrected chi connectivity index (χ0v) is 12.4. The van der Waals surface area contributed by atoms with Gasteiger partial charge in [-0.25, -0.2) is 0 Å². The van der Waals surface area contributed by atoms with Crippen LogP contribution in [0.15, 0.2) is 29.3 Å². The summed E-state index contributed by atoms with van der Waals surface area (Å²) >= 11 is 6.83. The van der Waals surface area contributed by atoms with Crippen LogP contribution in [0.3, 0.4) is 0 Å². The van der Waals surface area contributed by atoms with Gasteiger partial charge in [-0.3, -0.25) is 14.7 Å². The van der Waals surface area contributed by atoms with Crippen molar-refractivity contribution in [3.8, 4) is 0 Å². The lowest BCUT2D eigenvalue weighted by Gasteiger charge is -2.16. The maximum Gasteiger partial charge on any atom is 0.416 e. The summed E-state index contributed by atoms with van der Waals surface area (Å²) in [6.07, 6.45) is -4.33. The van der Waals surface area contributed by atoms with Gasteiger partial charge in [-0.1, -0.05) is 23.9 Å². The average Bonchev–Trinajstić information content (AvgIpc) is 2.92. The largest absolute Gasteiger partial charge is 0.416 e. The molecule has 2 rings (SSSR count). The van der Waals surface area contributed by atoms with Crippen molar-refractivity contribution < 1.29 is 18.0 Å². The fraction of sp³-hybridized carbons (Fsp3) is 0.385. The van der Waals surface area contributed by atoms with Crippen LogP contribution in [0.5, 0.6) is 0 Å². The van der Waals surface area contributed by atoms with E-state index in [-0.39, 0.29) is 11.8 Å². The van der Waals surface area contributed by atoms with Gasteiger partial charge in [0.05, 0.1) is 12.1 Å². The number of carbonyl (C=O) groups is 1. The van der Waals surface area contributed by atoms with E-state index in [9.17, 15) is 18.0 Å². The van der Waals surface area contributed by atoms with Gasteiger partial charge >= 0.3 is 6.18 Å². The number of hydrogen-bond acceptors (Lipinski definition) is 3. The quantitative estimate of drug-likeness (QED) is 0.793. The lowest BCUT2D eigenvalue weighted by Crippen LogP contribution is -2.33. The van der Waals surface area contributed by atoms with Gasteiger partial charge in [0.25, 0.3) is 0 Å². The molecule has 3 nitrogen and oxygen atoms in total. The number of halogens is 4. The van der Waals surface area contributed by atoms with E-state index in [0.717, 1.165) is 17.7 Å². The summed E-state index contributed by atoms with van der Waals surface area (Å²) < 4.78 is 37.3. The monoisotopic (exact) mass is 336 g/mol. The molecule has 0 saturated carbocycles. The van der Waals surface area contributed by atoms with E-state index in [4.69, 9.17) is 11.6 Å². The number of carbonyl (C=O) groups excluding carboxylic acids is 1. The summed E-state index contributed by atoms with van der Waals surface area (Å²) in [6.45, 7) is 1.03. The number of aliphatic imine (C=N–C) groups is 1. The van der Waals surface area contributed by atoms with Crippen molar-refractivity contribution in [3.63, 3.8) is 0 Å². The molecule has 0 fully saturated rings. The molecule has 1 aromatic carbocycles. The molecule has 0 spiro atoms. The Morgan fingerprint density at radius 3 is 2.57 bits per heavy atom. The summed E-state index contributed by atoms with van der Waals surface area (Å²) in [7, 11) is 0. The molecule has 0 saturated heterocycles. The van der Waals surface area contributed by atoms with Gasteiger partial charge < -0.3 is 0 Å². The van der Waals surface area contributed by atoms with Crippen molar-refractivity contribution in [1.29, 1.82) is 0 Å². The molecule has 0 N–H and O–H groups in total. The van der Waals surface area contributed by atoms with Crippen LogP contribution >= 0.6 is 23.4 Å². The molecule has 0 atom stereocenters. The first kappa shape index (κ1) is 16.2. The molecule has 1 amide bonds. The second kappa shape index (κ2) is 6.70. The minimum Gasteiger partial charge on any atom is -0.289 e. The molecule has 0 unspecified atom stereocenters. The Balaban J connectivity index is 1.96. The second-order valence-corrected chi connectivity index (χ2v) is 5.54. The van der Waals surface area contributed by atoms with Gasteiger partial charge in [-0.15, -0.1) is 11.6 Å². The van der Waals surface area contributed by atoms with Crippen molar-refractivity contribution in [3.05, 3.63) is 35.4 Å². The lowest BCUT2D eigenvalue weighted by atomic mass is 10.1. The Morgan fingerprint density at radius 2 is 2.00 bits per heavy atom. The maximum absolute atomic E-state index is 12.4. The molecule has 0 bridgehead atoms. The average molecular weight is 337 g/mol. The molecule has 0 aromatic heterocycles. The van der Waals surface area contributed by atoms with Crippen LogP contribution in [-0.4, -0.2) is 34.9 Å². The summed E-state index contributed by atoms with van der Waals surface area (Å²) in [5, 5.41) is 0.570. The minimum atomic E-state index is -4.33. The van der Waals surface area contributed by atoms with Crippen LogP contribution < -0.4 is 0 Å². The predicted molar refractivity (Wildman–Crippen MR) is 77.5 cm³/mol. The van der Waals surface area contributed by atoms with Crippen molar-refractivity contribution in [1.82, 2.24) is 4.90 Å². The van der Waals surface area contributed by atoms with E-state index >= 15 is 0 Å². The second-order valence-electron chi connectivity index (χ2n) is 4.33. The maximum atomic E-state index is 12.4. The van der Waals surface area contributed by atoms with Gasteiger partial charge in [0.1, 0.15) is 5.88 Å². The molecule has 8 heteroatoms. The van der Waals surface area contributed by atoms with Gasteiger partial charge in [0, 0.05) is 12.3 Å². The van der Waals surface area contributed by atoms with Crippen LogP contribution in [0, 0.1) is 0 Å². The highest BCUT2D eigenvalue weighted by atomic mass is 35.5. The van der Waals surface area contributed by atoms with Gasteiger partial charge in [0.15, 0.2) is 5.17 Å². The summed E-state index contributed by atoms with van der Waals surface area (Å²) in [4.78, 5) is 17.3. The van der Waals surface area contributed by atoms with E-state index in [0.29, 0.717) is 24.0 Å². The predicted octanol–water partition coefficient (Wildman–Crippen LogP) is 3.38. The normalized spacial score (nSPS) is 15.2. The number of rotatable bonds is 3. The van der Waals surface area contributed by atoms with E-state index in [2.05, 4.69) is 4.99 Å². The number of amides is 1. The molecule has 0 radical (unpaired) electrons. The molecule has 21 heavy (non-hydrogen) atoms. The number of benzene rings is 1. The van der Waals surface area contributed by atoms with Crippen molar-refractivity contribution in [2.75, 3.05) is 19.0 Å². The first-order chi connectivity index (χ1) is 9.91. The Labute approximate surface area is 129 Å². The molecule has 114 valence electrons. The van der Waals surface area contributed by atoms with Gasteiger partial charge in [-0.2, -0.15) is 13.2 Å². The van der Waals surface area contributed by atoms with Crippen LogP contribution in [0.25, 0.3) is 0 Å². The number of thioether (sulfide) groups is 1. The summed E-state index contributed by atoms with van der Waals surface area (Å²) in [6, 6.07) is 4.96. The Kier molecular flexibility index (Phi) is 5.16. The third-order valence-corrected chi connectivity index (χ3v) is 4.18. The Bertz CT molecular complexity index is 545. The Morgan fingerprint density at radius 1 is 1.33 bits per heavy atom. The smallest absolute Gasteiger partial charge is 0.289 e. The molecule has 1 aliphatic rings. The van der Waals surface area contributed by atoms with Crippen LogP contribution in [0.2, 0.25) is 0 Å². The SMILES string of the molecule is O=C(CCl)N1CCN=C1SCc1ccc(C(F)(F)F)cc1. The number of hydrogen-bond donors (Lipinski definition) is 0. The zero-order chi connectivity index (χ0) is 15.5. The van der Waals surface area contributed by atoms with Crippen LogP contribution in [0.4, 0.5) is 13.2 Å². The third kappa shape index (κ3) is 4.14. The van der Waals surface area contributed by atoms with Crippen molar-refractivity contribution in [2.45, 2.75) is 11.9 Å². The first-order valence-electron chi connectivity index (χ1n) is 6.11. The molecular weight excluding hydrogens is 325 g/mol. The van der Waals surface area contributed by atoms with Gasteiger partial charge in [0.2, 0.25) is 5.91 Å². The van der Waals surface area contributed by atoms with Crippen LogP contribution in [0.1, 0.15) is 11.1 Å². The van der Waals surface area contributed by atoms with Gasteiger partial charge in [-0.05, 0) is 17.7 Å². The highest BCUT2D eigenvalue weighted by Crippen LogP contribution is 2.29. The summed E-state index contributed by atoms with van der Waals surface area (Å²) in [5.41, 5.74) is 0.0641. The highest BCUT2D eigenvalue weighted by Gasteiger charge is 2.30. The fourth-order valence-electron chi connectivity index (χ4n) is 1.79. The number of alkyl halides is 4. The first-order valence-corrected chi connectivity index (χ1v) is 7.63. The molecular formula is C13H12ClF3N2OS. The van der Waals surface area contributed by atoms with E-state index < -0.39 is 11.7 Å². The molecule has 1 heterocycles. The standard InChI is InChI=1S/C13H12ClF3N2OS/c14-7-11(20)19-6-5-18-12(19)21-8-9-1-3-10(4-2-9)13(15,16)17/h1-4H,5-8H2. The van der Waals surface area contributed by atoms with E-state index in [1.807, 2.05) is 0 Å².